The van der Waals surface area contributed by atoms with E-state index in [2.05, 4.69) is 10.6 Å². The van der Waals surface area contributed by atoms with Crippen LogP contribution in [0.15, 0.2) is 77.4 Å². The standard InChI is InChI=1S/C24H22N2O6/c1-16(27)18-9-5-10-19(14-18)25-22(28)15-32-24(30)20(13-17-7-3-2-4-8-17)26-23(29)21-11-6-12-31-21/h2-12,14,20H,13,15H2,1H3,(H,25,28)(H,26,29). The first kappa shape index (κ1) is 22.5. The van der Waals surface area contributed by atoms with Gasteiger partial charge in [0.2, 0.25) is 0 Å². The summed E-state index contributed by atoms with van der Waals surface area (Å²) >= 11 is 0. The number of nitrogens with one attached hydrogen (secondary N) is 2. The van der Waals surface area contributed by atoms with E-state index in [1.54, 1.807) is 24.3 Å². The van der Waals surface area contributed by atoms with Crippen molar-refractivity contribution in [1.29, 1.82) is 0 Å². The van der Waals surface area contributed by atoms with Gasteiger partial charge in [0.25, 0.3) is 11.8 Å². The number of carbonyl (C=O) groups excluding carboxylic acids is 4. The third-order valence-corrected chi connectivity index (χ3v) is 4.52. The number of Topliss-reactive ketones (excluding diaryl/α,β-unsaturated/α-hetero) is 1. The summed E-state index contributed by atoms with van der Waals surface area (Å²) in [6.45, 7) is 0.873. The largest absolute Gasteiger partial charge is 0.459 e. The number of ether oxygens (including phenoxy) is 1. The van der Waals surface area contributed by atoms with E-state index < -0.39 is 30.4 Å². The predicted molar refractivity (Wildman–Crippen MR) is 116 cm³/mol. The van der Waals surface area contributed by atoms with Crippen LogP contribution in [0.4, 0.5) is 5.69 Å². The first-order valence-corrected chi connectivity index (χ1v) is 9.88. The van der Waals surface area contributed by atoms with Crippen molar-refractivity contribution >= 4 is 29.3 Å². The molecule has 0 aliphatic carbocycles. The Morgan fingerprint density at radius 2 is 1.75 bits per heavy atom. The highest BCUT2D eigenvalue weighted by Crippen LogP contribution is 2.11. The number of esters is 1. The smallest absolute Gasteiger partial charge is 0.329 e. The van der Waals surface area contributed by atoms with Gasteiger partial charge in [-0.15, -0.1) is 0 Å². The Morgan fingerprint density at radius 3 is 2.44 bits per heavy atom. The van der Waals surface area contributed by atoms with Crippen LogP contribution in [0.3, 0.4) is 0 Å². The minimum atomic E-state index is -1.02. The van der Waals surface area contributed by atoms with Crippen molar-refractivity contribution in [2.45, 2.75) is 19.4 Å². The number of amides is 2. The zero-order chi connectivity index (χ0) is 22.9. The van der Waals surface area contributed by atoms with Gasteiger partial charge < -0.3 is 19.8 Å². The van der Waals surface area contributed by atoms with Gasteiger partial charge in [0, 0.05) is 17.7 Å². The molecule has 32 heavy (non-hydrogen) atoms. The molecule has 2 aromatic carbocycles. The lowest BCUT2D eigenvalue weighted by molar-refractivity contribution is -0.149. The van der Waals surface area contributed by atoms with Crippen molar-refractivity contribution in [3.63, 3.8) is 0 Å². The molecule has 8 heteroatoms. The Labute approximate surface area is 184 Å². The van der Waals surface area contributed by atoms with Crippen LogP contribution in [0.2, 0.25) is 0 Å². The number of anilines is 1. The van der Waals surface area contributed by atoms with Crippen LogP contribution >= 0.6 is 0 Å². The number of ketones is 1. The van der Waals surface area contributed by atoms with Crippen molar-refractivity contribution in [1.82, 2.24) is 5.32 Å². The third-order valence-electron chi connectivity index (χ3n) is 4.52. The van der Waals surface area contributed by atoms with Gasteiger partial charge in [-0.05, 0) is 36.8 Å². The summed E-state index contributed by atoms with van der Waals surface area (Å²) in [5, 5.41) is 5.16. The SMILES string of the molecule is CC(=O)c1cccc(NC(=O)COC(=O)C(Cc2ccccc2)NC(=O)c2ccco2)c1. The highest BCUT2D eigenvalue weighted by atomic mass is 16.5. The van der Waals surface area contributed by atoms with Gasteiger partial charge >= 0.3 is 5.97 Å². The average molecular weight is 434 g/mol. The Kier molecular flexibility index (Phi) is 7.53. The maximum Gasteiger partial charge on any atom is 0.329 e. The van der Waals surface area contributed by atoms with Crippen molar-refractivity contribution < 1.29 is 28.3 Å². The first-order valence-electron chi connectivity index (χ1n) is 9.88. The molecule has 1 atom stereocenters. The molecule has 0 saturated carbocycles. The molecule has 1 unspecified atom stereocenters. The van der Waals surface area contributed by atoms with E-state index in [-0.39, 0.29) is 18.0 Å². The molecule has 0 aliphatic heterocycles. The predicted octanol–water partition coefficient (Wildman–Crippen LogP) is 3.01. The Morgan fingerprint density at radius 1 is 0.969 bits per heavy atom. The molecule has 3 aromatic rings. The van der Waals surface area contributed by atoms with E-state index in [4.69, 9.17) is 9.15 Å². The number of furan rings is 1. The maximum atomic E-state index is 12.7. The van der Waals surface area contributed by atoms with Crippen molar-refractivity contribution in [2.75, 3.05) is 11.9 Å². The lowest BCUT2D eigenvalue weighted by Crippen LogP contribution is -2.44. The molecule has 3 rings (SSSR count). The van der Waals surface area contributed by atoms with Crippen LogP contribution in [-0.4, -0.2) is 36.2 Å². The van der Waals surface area contributed by atoms with Crippen molar-refractivity contribution in [3.05, 3.63) is 89.9 Å². The van der Waals surface area contributed by atoms with E-state index in [0.717, 1.165) is 5.56 Å². The van der Waals surface area contributed by atoms with Gasteiger partial charge in [0.1, 0.15) is 6.04 Å². The van der Waals surface area contributed by atoms with Crippen molar-refractivity contribution in [2.24, 2.45) is 0 Å². The van der Waals surface area contributed by atoms with Crippen LogP contribution in [0.25, 0.3) is 0 Å². The van der Waals surface area contributed by atoms with Gasteiger partial charge in [0.05, 0.1) is 6.26 Å². The molecule has 8 nitrogen and oxygen atoms in total. The monoisotopic (exact) mass is 434 g/mol. The van der Waals surface area contributed by atoms with Gasteiger partial charge in [0.15, 0.2) is 18.2 Å². The summed E-state index contributed by atoms with van der Waals surface area (Å²) in [6, 6.07) is 17.5. The molecule has 2 N–H and O–H groups in total. The molecule has 164 valence electrons. The molecule has 0 aliphatic rings. The third kappa shape index (κ3) is 6.40. The lowest BCUT2D eigenvalue weighted by Gasteiger charge is -2.17. The normalized spacial score (nSPS) is 11.3. The molecular weight excluding hydrogens is 412 g/mol. The molecule has 1 aromatic heterocycles. The fourth-order valence-electron chi connectivity index (χ4n) is 2.93. The fraction of sp³-hybridized carbons (Fsp3) is 0.167. The molecule has 0 radical (unpaired) electrons. The minimum Gasteiger partial charge on any atom is -0.459 e. The highest BCUT2D eigenvalue weighted by molar-refractivity contribution is 5.98. The summed E-state index contributed by atoms with van der Waals surface area (Å²) in [5.41, 5.74) is 1.66. The van der Waals surface area contributed by atoms with Crippen LogP contribution < -0.4 is 10.6 Å². The second kappa shape index (κ2) is 10.7. The zero-order valence-corrected chi connectivity index (χ0v) is 17.4. The zero-order valence-electron chi connectivity index (χ0n) is 17.4. The highest BCUT2D eigenvalue weighted by Gasteiger charge is 2.25. The number of benzene rings is 2. The van der Waals surface area contributed by atoms with E-state index in [1.165, 1.54) is 25.3 Å². The second-order valence-electron chi connectivity index (χ2n) is 6.99. The van der Waals surface area contributed by atoms with Gasteiger partial charge in [-0.2, -0.15) is 0 Å². The number of hydrogen-bond donors (Lipinski definition) is 2. The molecule has 0 spiro atoms. The summed E-state index contributed by atoms with van der Waals surface area (Å²) in [4.78, 5) is 48.7. The molecular formula is C24H22N2O6. The molecule has 1 heterocycles. The first-order chi connectivity index (χ1) is 15.4. The summed E-state index contributed by atoms with van der Waals surface area (Å²) in [7, 11) is 0. The fourth-order valence-corrected chi connectivity index (χ4v) is 2.93. The van der Waals surface area contributed by atoms with E-state index >= 15 is 0 Å². The van der Waals surface area contributed by atoms with Crippen LogP contribution in [0.1, 0.15) is 33.4 Å². The van der Waals surface area contributed by atoms with Crippen LogP contribution in [-0.2, 0) is 20.7 Å². The second-order valence-corrected chi connectivity index (χ2v) is 6.99. The molecule has 0 bridgehead atoms. The lowest BCUT2D eigenvalue weighted by atomic mass is 10.1. The Bertz CT molecular complexity index is 1090. The Hall–Kier alpha value is -4.20. The minimum absolute atomic E-state index is 0.0546. The molecule has 0 fully saturated rings. The van der Waals surface area contributed by atoms with Crippen LogP contribution in [0, 0.1) is 0 Å². The average Bonchev–Trinajstić information content (AvgIpc) is 3.33. The number of hydrogen-bond acceptors (Lipinski definition) is 6. The Balaban J connectivity index is 1.62. The summed E-state index contributed by atoms with van der Waals surface area (Å²) in [5.74, 6) is -1.99. The quantitative estimate of drug-likeness (QED) is 0.395. The summed E-state index contributed by atoms with van der Waals surface area (Å²) < 4.78 is 10.2. The van der Waals surface area contributed by atoms with E-state index in [0.29, 0.717) is 11.3 Å². The maximum absolute atomic E-state index is 12.7. The van der Waals surface area contributed by atoms with Gasteiger partial charge in [-0.25, -0.2) is 4.79 Å². The van der Waals surface area contributed by atoms with Gasteiger partial charge in [-0.3, -0.25) is 14.4 Å². The topological polar surface area (TPSA) is 115 Å². The van der Waals surface area contributed by atoms with E-state index in [9.17, 15) is 19.2 Å². The van der Waals surface area contributed by atoms with Crippen molar-refractivity contribution in [3.8, 4) is 0 Å². The number of carbonyl (C=O) groups is 4. The van der Waals surface area contributed by atoms with E-state index in [1.807, 2.05) is 30.3 Å². The number of rotatable bonds is 9. The van der Waals surface area contributed by atoms with Crippen LogP contribution in [0.5, 0.6) is 0 Å². The van der Waals surface area contributed by atoms with Gasteiger partial charge in [-0.1, -0.05) is 42.5 Å². The summed E-state index contributed by atoms with van der Waals surface area (Å²) in [6.07, 6.45) is 1.53. The molecule has 2 amide bonds. The molecule has 0 saturated heterocycles.